The van der Waals surface area contributed by atoms with Crippen molar-refractivity contribution in [3.63, 3.8) is 0 Å². The fourth-order valence-corrected chi connectivity index (χ4v) is 2.32. The average molecular weight is 387 g/mol. The molecule has 2 rings (SSSR count). The van der Waals surface area contributed by atoms with Crippen LogP contribution in [0, 0.1) is 0 Å². The van der Waals surface area contributed by atoms with Gasteiger partial charge >= 0.3 is 5.97 Å². The topological polar surface area (TPSA) is 84.5 Å². The molecule has 7 heteroatoms. The van der Waals surface area contributed by atoms with Gasteiger partial charge in [0.25, 0.3) is 5.91 Å². The Balaban J connectivity index is 1.88. The molecule has 0 unspecified atom stereocenters. The summed E-state index contributed by atoms with van der Waals surface area (Å²) in [6, 6.07) is 13.6. The van der Waals surface area contributed by atoms with Gasteiger partial charge in [0, 0.05) is 29.4 Å². The Kier molecular flexibility index (Phi) is 7.14. The van der Waals surface area contributed by atoms with E-state index in [0.29, 0.717) is 22.0 Å². The van der Waals surface area contributed by atoms with Crippen LogP contribution in [0.15, 0.2) is 54.6 Å². The number of benzene rings is 2. The van der Waals surface area contributed by atoms with Crippen molar-refractivity contribution in [2.24, 2.45) is 0 Å². The molecule has 0 saturated heterocycles. The van der Waals surface area contributed by atoms with Gasteiger partial charge in [0.15, 0.2) is 6.10 Å². The van der Waals surface area contributed by atoms with Crippen LogP contribution in [0.25, 0.3) is 6.08 Å². The molecule has 2 aromatic carbocycles. The van der Waals surface area contributed by atoms with Crippen molar-refractivity contribution in [3.8, 4) is 0 Å². The standard InChI is InChI=1S/C20H19ClN2O4/c1-13(27-19(25)12-7-15-5-3-4-6-18(15)21)20(26)23-17-10-8-16(9-11-17)22-14(2)24/h3-13H,1-2H3,(H,22,24)(H,23,26)/b12-7+/t13-/m1/s1. The molecule has 0 aliphatic rings. The summed E-state index contributed by atoms with van der Waals surface area (Å²) in [5, 5.41) is 5.77. The number of amides is 2. The number of anilines is 2. The predicted octanol–water partition coefficient (Wildman–Crippen LogP) is 3.88. The summed E-state index contributed by atoms with van der Waals surface area (Å²) in [6.45, 7) is 2.88. The summed E-state index contributed by atoms with van der Waals surface area (Å²) in [7, 11) is 0. The van der Waals surface area contributed by atoms with Crippen molar-refractivity contribution in [2.75, 3.05) is 10.6 Å². The van der Waals surface area contributed by atoms with Crippen molar-refractivity contribution in [2.45, 2.75) is 20.0 Å². The first-order valence-electron chi connectivity index (χ1n) is 8.17. The minimum Gasteiger partial charge on any atom is -0.449 e. The van der Waals surface area contributed by atoms with Gasteiger partial charge in [0.2, 0.25) is 5.91 Å². The molecule has 0 saturated carbocycles. The van der Waals surface area contributed by atoms with Crippen LogP contribution in [0.4, 0.5) is 11.4 Å². The quantitative estimate of drug-likeness (QED) is 0.582. The van der Waals surface area contributed by atoms with Gasteiger partial charge in [-0.05, 0) is 48.9 Å². The van der Waals surface area contributed by atoms with Crippen molar-refractivity contribution >= 4 is 46.8 Å². The molecule has 0 bridgehead atoms. The van der Waals surface area contributed by atoms with E-state index in [-0.39, 0.29) is 5.91 Å². The van der Waals surface area contributed by atoms with Gasteiger partial charge in [-0.25, -0.2) is 4.79 Å². The number of carbonyl (C=O) groups is 3. The summed E-state index contributed by atoms with van der Waals surface area (Å²) < 4.78 is 5.08. The Hall–Kier alpha value is -3.12. The van der Waals surface area contributed by atoms with Crippen LogP contribution in [0.3, 0.4) is 0 Å². The molecule has 0 heterocycles. The minimum absolute atomic E-state index is 0.183. The Morgan fingerprint density at radius 1 is 1.00 bits per heavy atom. The third-order valence-electron chi connectivity index (χ3n) is 3.44. The van der Waals surface area contributed by atoms with Crippen molar-refractivity contribution < 1.29 is 19.1 Å². The number of rotatable bonds is 6. The van der Waals surface area contributed by atoms with Gasteiger partial charge in [0.05, 0.1) is 0 Å². The van der Waals surface area contributed by atoms with E-state index in [0.717, 1.165) is 0 Å². The van der Waals surface area contributed by atoms with Gasteiger partial charge in [-0.15, -0.1) is 0 Å². The fourth-order valence-electron chi connectivity index (χ4n) is 2.12. The normalized spacial score (nSPS) is 11.7. The zero-order chi connectivity index (χ0) is 19.8. The molecule has 2 aromatic rings. The number of carbonyl (C=O) groups excluding carboxylic acids is 3. The third-order valence-corrected chi connectivity index (χ3v) is 3.78. The Labute approximate surface area is 162 Å². The fraction of sp³-hybridized carbons (Fsp3) is 0.150. The van der Waals surface area contributed by atoms with E-state index >= 15 is 0 Å². The molecule has 140 valence electrons. The lowest BCUT2D eigenvalue weighted by Crippen LogP contribution is -2.29. The van der Waals surface area contributed by atoms with E-state index < -0.39 is 18.0 Å². The first-order chi connectivity index (χ1) is 12.8. The molecule has 0 spiro atoms. The predicted molar refractivity (Wildman–Crippen MR) is 105 cm³/mol. The summed E-state index contributed by atoms with van der Waals surface area (Å²) >= 11 is 6.00. The number of hydrogen-bond donors (Lipinski definition) is 2. The summed E-state index contributed by atoms with van der Waals surface area (Å²) in [4.78, 5) is 35.0. The maximum atomic E-state index is 12.1. The number of esters is 1. The third kappa shape index (κ3) is 6.60. The van der Waals surface area contributed by atoms with Crippen LogP contribution in [0.5, 0.6) is 0 Å². The number of hydrogen-bond acceptors (Lipinski definition) is 4. The molecule has 2 N–H and O–H groups in total. The number of ether oxygens (including phenoxy) is 1. The van der Waals surface area contributed by atoms with Crippen LogP contribution in [0.2, 0.25) is 5.02 Å². The Morgan fingerprint density at radius 2 is 1.59 bits per heavy atom. The molecule has 6 nitrogen and oxygen atoms in total. The zero-order valence-corrected chi connectivity index (χ0v) is 15.6. The smallest absolute Gasteiger partial charge is 0.331 e. The van der Waals surface area contributed by atoms with E-state index in [9.17, 15) is 14.4 Å². The van der Waals surface area contributed by atoms with E-state index in [1.165, 1.54) is 26.0 Å². The van der Waals surface area contributed by atoms with Gasteiger partial charge in [-0.1, -0.05) is 29.8 Å². The monoisotopic (exact) mass is 386 g/mol. The molecule has 0 fully saturated rings. The first-order valence-corrected chi connectivity index (χ1v) is 8.54. The Bertz CT molecular complexity index is 863. The second-order valence-corrected chi connectivity index (χ2v) is 6.09. The molecular formula is C20H19ClN2O4. The summed E-state index contributed by atoms with van der Waals surface area (Å²) in [6.07, 6.45) is 1.76. The largest absolute Gasteiger partial charge is 0.449 e. The molecule has 2 amide bonds. The van der Waals surface area contributed by atoms with Crippen LogP contribution in [-0.4, -0.2) is 23.9 Å². The van der Waals surface area contributed by atoms with Gasteiger partial charge in [-0.3, -0.25) is 9.59 Å². The van der Waals surface area contributed by atoms with Gasteiger partial charge < -0.3 is 15.4 Å². The van der Waals surface area contributed by atoms with Crippen molar-refractivity contribution in [1.82, 2.24) is 0 Å². The molecule has 27 heavy (non-hydrogen) atoms. The highest BCUT2D eigenvalue weighted by atomic mass is 35.5. The van der Waals surface area contributed by atoms with Gasteiger partial charge in [0.1, 0.15) is 0 Å². The van der Waals surface area contributed by atoms with Crippen LogP contribution >= 0.6 is 11.6 Å². The first kappa shape index (κ1) is 20.2. The highest BCUT2D eigenvalue weighted by Crippen LogP contribution is 2.17. The summed E-state index contributed by atoms with van der Waals surface area (Å²) in [5.74, 6) is -1.31. The molecular weight excluding hydrogens is 368 g/mol. The van der Waals surface area contributed by atoms with Crippen molar-refractivity contribution in [1.29, 1.82) is 0 Å². The van der Waals surface area contributed by atoms with Gasteiger partial charge in [-0.2, -0.15) is 0 Å². The number of nitrogens with one attached hydrogen (secondary N) is 2. The van der Waals surface area contributed by atoms with E-state index in [1.807, 2.05) is 0 Å². The minimum atomic E-state index is -0.983. The second-order valence-electron chi connectivity index (χ2n) is 5.68. The molecule has 0 aliphatic heterocycles. The Morgan fingerprint density at radius 3 is 2.19 bits per heavy atom. The average Bonchev–Trinajstić information content (AvgIpc) is 2.62. The van der Waals surface area contributed by atoms with Crippen LogP contribution in [0.1, 0.15) is 19.4 Å². The van der Waals surface area contributed by atoms with Crippen molar-refractivity contribution in [3.05, 3.63) is 65.2 Å². The number of halogens is 1. The second kappa shape index (κ2) is 9.54. The maximum absolute atomic E-state index is 12.1. The SMILES string of the molecule is CC(=O)Nc1ccc(NC(=O)[C@@H](C)OC(=O)/C=C/c2ccccc2Cl)cc1. The molecule has 0 aliphatic carbocycles. The highest BCUT2D eigenvalue weighted by Gasteiger charge is 2.16. The lowest BCUT2D eigenvalue weighted by atomic mass is 10.2. The van der Waals surface area contributed by atoms with E-state index in [4.69, 9.17) is 16.3 Å². The molecule has 0 aromatic heterocycles. The lowest BCUT2D eigenvalue weighted by Gasteiger charge is -2.12. The molecule has 1 atom stereocenters. The van der Waals surface area contributed by atoms with E-state index in [1.54, 1.807) is 48.5 Å². The van der Waals surface area contributed by atoms with E-state index in [2.05, 4.69) is 10.6 Å². The molecule has 0 radical (unpaired) electrons. The van der Waals surface area contributed by atoms with Crippen LogP contribution < -0.4 is 10.6 Å². The van der Waals surface area contributed by atoms with Crippen LogP contribution in [-0.2, 0) is 19.1 Å². The highest BCUT2D eigenvalue weighted by molar-refractivity contribution is 6.32. The zero-order valence-electron chi connectivity index (χ0n) is 14.9. The maximum Gasteiger partial charge on any atom is 0.331 e. The summed E-state index contributed by atoms with van der Waals surface area (Å²) in [5.41, 5.74) is 1.81. The lowest BCUT2D eigenvalue weighted by molar-refractivity contribution is -0.148.